The van der Waals surface area contributed by atoms with Gasteiger partial charge in [0.2, 0.25) is 0 Å². The van der Waals surface area contributed by atoms with Crippen LogP contribution in [0.25, 0.3) is 0 Å². The summed E-state index contributed by atoms with van der Waals surface area (Å²) in [4.78, 5) is 0. The summed E-state index contributed by atoms with van der Waals surface area (Å²) in [5.74, 6) is -0.330. The molecular weight excluding hydrogens is 289 g/mol. The third kappa shape index (κ3) is 4.41. The van der Waals surface area contributed by atoms with E-state index in [-0.39, 0.29) is 11.9 Å². The Balaban J connectivity index is 1.93. The quantitative estimate of drug-likeness (QED) is 0.860. The first-order valence-corrected chi connectivity index (χ1v) is 7.99. The van der Waals surface area contributed by atoms with Crippen molar-refractivity contribution in [3.63, 3.8) is 0 Å². The van der Waals surface area contributed by atoms with Gasteiger partial charge in [-0.2, -0.15) is 0 Å². The zero-order chi connectivity index (χ0) is 15.7. The monoisotopic (exact) mass is 313 g/mol. The lowest BCUT2D eigenvalue weighted by molar-refractivity contribution is -0.0258. The van der Waals surface area contributed by atoms with Crippen molar-refractivity contribution in [3.05, 3.63) is 34.6 Å². The fourth-order valence-electron chi connectivity index (χ4n) is 2.87. The van der Waals surface area contributed by atoms with Gasteiger partial charge in [0, 0.05) is 17.6 Å². The van der Waals surface area contributed by atoms with Gasteiger partial charge in [0.15, 0.2) is 0 Å². The van der Waals surface area contributed by atoms with Gasteiger partial charge >= 0.3 is 0 Å². The van der Waals surface area contributed by atoms with E-state index in [4.69, 9.17) is 11.6 Å². The molecule has 1 aliphatic rings. The fraction of sp³-hybridized carbons (Fsp3) is 0.647. The van der Waals surface area contributed by atoms with Gasteiger partial charge in [-0.3, -0.25) is 0 Å². The average Bonchev–Trinajstić information content (AvgIpc) is 2.40. The van der Waals surface area contributed by atoms with Crippen LogP contribution in [0.1, 0.15) is 58.1 Å². The van der Waals surface area contributed by atoms with E-state index in [1.165, 1.54) is 12.1 Å². The highest BCUT2D eigenvalue weighted by molar-refractivity contribution is 6.31. The molecule has 4 heteroatoms. The van der Waals surface area contributed by atoms with Crippen LogP contribution in [-0.4, -0.2) is 17.3 Å². The lowest BCUT2D eigenvalue weighted by Crippen LogP contribution is -2.45. The summed E-state index contributed by atoms with van der Waals surface area (Å²) in [6.07, 6.45) is 3.71. The van der Waals surface area contributed by atoms with E-state index in [0.717, 1.165) is 31.2 Å². The third-order valence-electron chi connectivity index (χ3n) is 4.70. The zero-order valence-corrected chi connectivity index (χ0v) is 13.8. The van der Waals surface area contributed by atoms with E-state index in [1.807, 2.05) is 6.92 Å². The number of halogens is 2. The molecule has 0 aromatic heterocycles. The molecule has 1 aromatic carbocycles. The Labute approximate surface area is 131 Å². The second-order valence-corrected chi connectivity index (χ2v) is 7.56. The van der Waals surface area contributed by atoms with Crippen LogP contribution in [-0.2, 0) is 0 Å². The summed E-state index contributed by atoms with van der Waals surface area (Å²) in [5, 5.41) is 14.4. The maximum atomic E-state index is 13.1. The molecule has 1 fully saturated rings. The van der Waals surface area contributed by atoms with Crippen molar-refractivity contribution in [1.29, 1.82) is 0 Å². The SMILES string of the molecule is CC(NCC1(O)CCC(C)(C)CC1)c1ccc(F)cc1Cl. The second-order valence-electron chi connectivity index (χ2n) is 7.16. The molecule has 0 saturated heterocycles. The highest BCUT2D eigenvalue weighted by Crippen LogP contribution is 2.40. The largest absolute Gasteiger partial charge is 0.389 e. The first kappa shape index (κ1) is 16.7. The molecule has 1 saturated carbocycles. The minimum Gasteiger partial charge on any atom is -0.389 e. The van der Waals surface area contributed by atoms with Crippen molar-refractivity contribution in [3.8, 4) is 0 Å². The molecule has 1 aromatic rings. The van der Waals surface area contributed by atoms with Crippen molar-refractivity contribution in [1.82, 2.24) is 5.32 Å². The van der Waals surface area contributed by atoms with Crippen LogP contribution in [0.2, 0.25) is 5.02 Å². The summed E-state index contributed by atoms with van der Waals surface area (Å²) >= 11 is 6.08. The zero-order valence-electron chi connectivity index (χ0n) is 13.0. The first-order valence-electron chi connectivity index (χ1n) is 7.62. The normalized spacial score (nSPS) is 22.0. The summed E-state index contributed by atoms with van der Waals surface area (Å²) < 4.78 is 13.1. The molecule has 1 atom stereocenters. The lowest BCUT2D eigenvalue weighted by Gasteiger charge is -2.40. The van der Waals surface area contributed by atoms with Crippen LogP contribution < -0.4 is 5.32 Å². The van der Waals surface area contributed by atoms with Gasteiger partial charge in [-0.1, -0.05) is 31.5 Å². The van der Waals surface area contributed by atoms with Gasteiger partial charge in [0.1, 0.15) is 5.82 Å². The van der Waals surface area contributed by atoms with Crippen molar-refractivity contribution < 1.29 is 9.50 Å². The molecule has 2 nitrogen and oxygen atoms in total. The van der Waals surface area contributed by atoms with Crippen LogP contribution in [0.5, 0.6) is 0 Å². The Morgan fingerprint density at radius 2 is 1.90 bits per heavy atom. The summed E-state index contributed by atoms with van der Waals surface area (Å²) in [6, 6.07) is 4.42. The van der Waals surface area contributed by atoms with E-state index >= 15 is 0 Å². The van der Waals surface area contributed by atoms with Crippen LogP contribution in [0.15, 0.2) is 18.2 Å². The van der Waals surface area contributed by atoms with Crippen LogP contribution in [0.4, 0.5) is 4.39 Å². The molecule has 0 aliphatic heterocycles. The maximum absolute atomic E-state index is 13.1. The number of rotatable bonds is 4. The number of nitrogens with one attached hydrogen (secondary N) is 1. The highest BCUT2D eigenvalue weighted by Gasteiger charge is 2.36. The summed E-state index contributed by atoms with van der Waals surface area (Å²) in [7, 11) is 0. The van der Waals surface area contributed by atoms with Gasteiger partial charge in [0.25, 0.3) is 0 Å². The van der Waals surface area contributed by atoms with Gasteiger partial charge in [-0.25, -0.2) is 4.39 Å². The molecule has 21 heavy (non-hydrogen) atoms. The molecule has 2 rings (SSSR count). The Morgan fingerprint density at radius 3 is 2.48 bits per heavy atom. The molecule has 0 amide bonds. The van der Waals surface area contributed by atoms with E-state index in [9.17, 15) is 9.50 Å². The van der Waals surface area contributed by atoms with Gasteiger partial charge in [0.05, 0.1) is 5.60 Å². The molecule has 1 unspecified atom stereocenters. The number of hydrogen-bond acceptors (Lipinski definition) is 2. The van der Waals surface area contributed by atoms with Gasteiger partial charge < -0.3 is 10.4 Å². The Morgan fingerprint density at radius 1 is 1.29 bits per heavy atom. The maximum Gasteiger partial charge on any atom is 0.124 e. The fourth-order valence-corrected chi connectivity index (χ4v) is 3.21. The van der Waals surface area contributed by atoms with Crippen LogP contribution in [0.3, 0.4) is 0 Å². The molecular formula is C17H25ClFNO. The Kier molecular flexibility index (Phi) is 4.96. The predicted molar refractivity (Wildman–Crippen MR) is 85.0 cm³/mol. The van der Waals surface area contributed by atoms with Crippen LogP contribution >= 0.6 is 11.6 Å². The highest BCUT2D eigenvalue weighted by atomic mass is 35.5. The van der Waals surface area contributed by atoms with Crippen molar-refractivity contribution in [2.24, 2.45) is 5.41 Å². The number of aliphatic hydroxyl groups is 1. The average molecular weight is 314 g/mol. The summed E-state index contributed by atoms with van der Waals surface area (Å²) in [6.45, 7) is 7.02. The topological polar surface area (TPSA) is 32.3 Å². The molecule has 0 radical (unpaired) electrons. The Hall–Kier alpha value is -0.640. The standard InChI is InChI=1S/C17H25ClFNO/c1-12(14-5-4-13(19)10-15(14)18)20-11-17(21)8-6-16(2,3)7-9-17/h4-5,10,12,20-21H,6-9,11H2,1-3H3. The van der Waals surface area contributed by atoms with E-state index in [2.05, 4.69) is 19.2 Å². The van der Waals surface area contributed by atoms with Gasteiger partial charge in [-0.05, 0) is 55.7 Å². The van der Waals surface area contributed by atoms with E-state index < -0.39 is 5.60 Å². The van der Waals surface area contributed by atoms with Crippen molar-refractivity contribution in [2.75, 3.05) is 6.54 Å². The van der Waals surface area contributed by atoms with Crippen molar-refractivity contribution in [2.45, 2.75) is 58.1 Å². The van der Waals surface area contributed by atoms with Crippen LogP contribution in [0, 0.1) is 11.2 Å². The second kappa shape index (κ2) is 6.23. The third-order valence-corrected chi connectivity index (χ3v) is 5.03. The number of benzene rings is 1. The molecule has 2 N–H and O–H groups in total. The first-order chi connectivity index (χ1) is 9.71. The minimum atomic E-state index is -0.643. The molecule has 0 bridgehead atoms. The minimum absolute atomic E-state index is 0.0166. The molecule has 1 aliphatic carbocycles. The smallest absolute Gasteiger partial charge is 0.124 e. The summed E-state index contributed by atoms with van der Waals surface area (Å²) in [5.41, 5.74) is 0.548. The van der Waals surface area contributed by atoms with Crippen molar-refractivity contribution >= 4 is 11.6 Å². The van der Waals surface area contributed by atoms with E-state index in [1.54, 1.807) is 6.07 Å². The number of hydrogen-bond donors (Lipinski definition) is 2. The predicted octanol–water partition coefficient (Wildman–Crippen LogP) is 4.46. The molecule has 0 spiro atoms. The lowest BCUT2D eigenvalue weighted by atomic mass is 9.71. The van der Waals surface area contributed by atoms with E-state index in [0.29, 0.717) is 17.0 Å². The molecule has 118 valence electrons. The van der Waals surface area contributed by atoms with Gasteiger partial charge in [-0.15, -0.1) is 0 Å². The molecule has 0 heterocycles. The Bertz CT molecular complexity index is 494.